The molecule has 0 spiro atoms. The molecule has 0 radical (unpaired) electrons. The van der Waals surface area contributed by atoms with E-state index in [0.29, 0.717) is 6.61 Å². The van der Waals surface area contributed by atoms with Gasteiger partial charge in [0.1, 0.15) is 12.4 Å². The third-order valence-electron chi connectivity index (χ3n) is 2.95. The standard InChI is InChI=1S/C16H14OS/c1-12-7-8-16-15(9-12)13(11-18-16)10-17-14-5-3-2-4-6-14/h2-9,11H,10H2,1H3. The summed E-state index contributed by atoms with van der Waals surface area (Å²) in [6.45, 7) is 2.76. The molecule has 0 unspecified atom stereocenters. The van der Waals surface area contributed by atoms with Crippen LogP contribution in [-0.4, -0.2) is 0 Å². The third-order valence-corrected chi connectivity index (χ3v) is 3.96. The van der Waals surface area contributed by atoms with E-state index in [1.807, 2.05) is 30.3 Å². The van der Waals surface area contributed by atoms with Crippen molar-refractivity contribution in [2.75, 3.05) is 0 Å². The van der Waals surface area contributed by atoms with Gasteiger partial charge in [0.15, 0.2) is 0 Å². The minimum Gasteiger partial charge on any atom is -0.489 e. The maximum atomic E-state index is 5.81. The van der Waals surface area contributed by atoms with Gasteiger partial charge < -0.3 is 4.74 Å². The maximum Gasteiger partial charge on any atom is 0.119 e. The summed E-state index contributed by atoms with van der Waals surface area (Å²) < 4.78 is 7.13. The first-order valence-electron chi connectivity index (χ1n) is 5.97. The highest BCUT2D eigenvalue weighted by Crippen LogP contribution is 2.27. The summed E-state index contributed by atoms with van der Waals surface area (Å²) in [5, 5.41) is 3.50. The Labute approximate surface area is 111 Å². The van der Waals surface area contributed by atoms with Crippen molar-refractivity contribution in [1.29, 1.82) is 0 Å². The molecule has 0 saturated carbocycles. The van der Waals surface area contributed by atoms with E-state index in [1.54, 1.807) is 11.3 Å². The van der Waals surface area contributed by atoms with Gasteiger partial charge in [-0.25, -0.2) is 0 Å². The van der Waals surface area contributed by atoms with Crippen LogP contribution >= 0.6 is 11.3 Å². The molecule has 90 valence electrons. The largest absolute Gasteiger partial charge is 0.489 e. The predicted molar refractivity (Wildman–Crippen MR) is 77.3 cm³/mol. The fourth-order valence-electron chi connectivity index (χ4n) is 1.99. The van der Waals surface area contributed by atoms with E-state index in [-0.39, 0.29) is 0 Å². The quantitative estimate of drug-likeness (QED) is 0.653. The minimum absolute atomic E-state index is 0.632. The number of para-hydroxylation sites is 1. The third kappa shape index (κ3) is 2.24. The first kappa shape index (κ1) is 11.3. The number of fused-ring (bicyclic) bond motifs is 1. The summed E-state index contributed by atoms with van der Waals surface area (Å²) in [6, 6.07) is 16.5. The predicted octanol–water partition coefficient (Wildman–Crippen LogP) is 4.79. The zero-order chi connectivity index (χ0) is 12.4. The highest BCUT2D eigenvalue weighted by molar-refractivity contribution is 7.17. The maximum absolute atomic E-state index is 5.81. The molecule has 0 aliphatic carbocycles. The van der Waals surface area contributed by atoms with E-state index in [1.165, 1.54) is 21.2 Å². The molecular formula is C16H14OS. The van der Waals surface area contributed by atoms with Crippen molar-refractivity contribution in [1.82, 2.24) is 0 Å². The zero-order valence-electron chi connectivity index (χ0n) is 10.2. The summed E-state index contributed by atoms with van der Waals surface area (Å²) in [6.07, 6.45) is 0. The smallest absolute Gasteiger partial charge is 0.119 e. The van der Waals surface area contributed by atoms with E-state index in [0.717, 1.165) is 5.75 Å². The summed E-state index contributed by atoms with van der Waals surface area (Å²) in [4.78, 5) is 0. The molecule has 3 aromatic rings. The zero-order valence-corrected chi connectivity index (χ0v) is 11.0. The molecule has 2 aromatic carbocycles. The van der Waals surface area contributed by atoms with Crippen LogP contribution in [0.2, 0.25) is 0 Å². The van der Waals surface area contributed by atoms with Gasteiger partial charge in [0.05, 0.1) is 0 Å². The van der Waals surface area contributed by atoms with Crippen molar-refractivity contribution in [3.63, 3.8) is 0 Å². The van der Waals surface area contributed by atoms with E-state index in [4.69, 9.17) is 4.74 Å². The molecule has 0 N–H and O–H groups in total. The van der Waals surface area contributed by atoms with Crippen LogP contribution in [0.5, 0.6) is 5.75 Å². The van der Waals surface area contributed by atoms with Crippen molar-refractivity contribution in [2.24, 2.45) is 0 Å². The SMILES string of the molecule is Cc1ccc2scc(COc3ccccc3)c2c1. The van der Waals surface area contributed by atoms with Gasteiger partial charge in [-0.15, -0.1) is 11.3 Å². The molecule has 2 heteroatoms. The molecule has 0 aliphatic rings. The Morgan fingerprint density at radius 3 is 2.72 bits per heavy atom. The first-order chi connectivity index (χ1) is 8.83. The molecule has 1 nitrogen and oxygen atoms in total. The Morgan fingerprint density at radius 1 is 1.06 bits per heavy atom. The Morgan fingerprint density at radius 2 is 1.89 bits per heavy atom. The van der Waals surface area contributed by atoms with Gasteiger partial charge >= 0.3 is 0 Å². The second-order valence-electron chi connectivity index (χ2n) is 4.36. The van der Waals surface area contributed by atoms with Crippen LogP contribution in [0.3, 0.4) is 0 Å². The number of rotatable bonds is 3. The molecule has 0 aliphatic heterocycles. The highest BCUT2D eigenvalue weighted by atomic mass is 32.1. The summed E-state index contributed by atoms with van der Waals surface area (Å²) in [5.41, 5.74) is 2.56. The van der Waals surface area contributed by atoms with Crippen molar-refractivity contribution < 1.29 is 4.74 Å². The second-order valence-corrected chi connectivity index (χ2v) is 5.27. The topological polar surface area (TPSA) is 9.23 Å². The number of hydrogen-bond acceptors (Lipinski definition) is 2. The van der Waals surface area contributed by atoms with Crippen LogP contribution in [-0.2, 0) is 6.61 Å². The van der Waals surface area contributed by atoms with E-state index in [2.05, 4.69) is 30.5 Å². The number of aryl methyl sites for hydroxylation is 1. The van der Waals surface area contributed by atoms with Crippen LogP contribution < -0.4 is 4.74 Å². The lowest BCUT2D eigenvalue weighted by Crippen LogP contribution is -1.93. The minimum atomic E-state index is 0.632. The van der Waals surface area contributed by atoms with Crippen LogP contribution in [0.25, 0.3) is 10.1 Å². The number of ether oxygens (including phenoxy) is 1. The van der Waals surface area contributed by atoms with Crippen LogP contribution in [0, 0.1) is 6.92 Å². The lowest BCUT2D eigenvalue weighted by molar-refractivity contribution is 0.308. The summed E-state index contributed by atoms with van der Waals surface area (Å²) in [5.74, 6) is 0.921. The fraction of sp³-hybridized carbons (Fsp3) is 0.125. The Bertz CT molecular complexity index is 655. The van der Waals surface area contributed by atoms with E-state index >= 15 is 0 Å². The van der Waals surface area contributed by atoms with Crippen molar-refractivity contribution in [2.45, 2.75) is 13.5 Å². The van der Waals surface area contributed by atoms with Gasteiger partial charge in [-0.1, -0.05) is 35.9 Å². The number of benzene rings is 2. The normalized spacial score (nSPS) is 10.7. The molecule has 18 heavy (non-hydrogen) atoms. The molecule has 0 atom stereocenters. The average molecular weight is 254 g/mol. The fourth-order valence-corrected chi connectivity index (χ4v) is 2.91. The van der Waals surface area contributed by atoms with E-state index < -0.39 is 0 Å². The van der Waals surface area contributed by atoms with Crippen molar-refractivity contribution in [3.05, 3.63) is 65.0 Å². The lowest BCUT2D eigenvalue weighted by Gasteiger charge is -2.05. The van der Waals surface area contributed by atoms with Crippen LogP contribution in [0.1, 0.15) is 11.1 Å². The summed E-state index contributed by atoms with van der Waals surface area (Å²) in [7, 11) is 0. The molecule has 1 aromatic heterocycles. The van der Waals surface area contributed by atoms with Crippen LogP contribution in [0.4, 0.5) is 0 Å². The van der Waals surface area contributed by atoms with E-state index in [9.17, 15) is 0 Å². The van der Waals surface area contributed by atoms with Gasteiger partial charge in [0, 0.05) is 10.3 Å². The molecule has 0 fully saturated rings. The lowest BCUT2D eigenvalue weighted by atomic mass is 10.1. The summed E-state index contributed by atoms with van der Waals surface area (Å²) >= 11 is 1.78. The number of thiophene rings is 1. The van der Waals surface area contributed by atoms with Crippen molar-refractivity contribution >= 4 is 21.4 Å². The molecule has 0 saturated heterocycles. The first-order valence-corrected chi connectivity index (χ1v) is 6.85. The molecule has 3 rings (SSSR count). The Hall–Kier alpha value is -1.80. The van der Waals surface area contributed by atoms with Gasteiger partial charge in [-0.2, -0.15) is 0 Å². The number of hydrogen-bond donors (Lipinski definition) is 0. The molecule has 1 heterocycles. The van der Waals surface area contributed by atoms with Gasteiger partial charge in [0.25, 0.3) is 0 Å². The molecular weight excluding hydrogens is 240 g/mol. The highest BCUT2D eigenvalue weighted by Gasteiger charge is 2.04. The average Bonchev–Trinajstić information content (AvgIpc) is 2.80. The van der Waals surface area contributed by atoms with Gasteiger partial charge in [-0.05, 0) is 35.9 Å². The Balaban J connectivity index is 1.85. The van der Waals surface area contributed by atoms with Gasteiger partial charge in [-0.3, -0.25) is 0 Å². The second kappa shape index (κ2) is 4.83. The molecule has 0 bridgehead atoms. The molecule has 0 amide bonds. The van der Waals surface area contributed by atoms with Gasteiger partial charge in [0.2, 0.25) is 0 Å². The van der Waals surface area contributed by atoms with Crippen molar-refractivity contribution in [3.8, 4) is 5.75 Å². The van der Waals surface area contributed by atoms with Crippen LogP contribution in [0.15, 0.2) is 53.9 Å². The Kier molecular flexibility index (Phi) is 3.03. The monoisotopic (exact) mass is 254 g/mol.